The molecule has 2 rings (SSSR count). The van der Waals surface area contributed by atoms with Crippen molar-refractivity contribution in [3.8, 4) is 18.0 Å². The van der Waals surface area contributed by atoms with Gasteiger partial charge in [-0.05, 0) is 12.8 Å². The van der Waals surface area contributed by atoms with Crippen LogP contribution in [0.15, 0.2) is 42.7 Å². The summed E-state index contributed by atoms with van der Waals surface area (Å²) in [5.41, 5.74) is -0.216. The Labute approximate surface area is 154 Å². The minimum absolute atomic E-state index is 0.159. The number of hydrogen-bond donors (Lipinski definition) is 1. The molecular formula is C18H17N4O5+. The van der Waals surface area contributed by atoms with Crippen molar-refractivity contribution in [3.63, 3.8) is 0 Å². The first kappa shape index (κ1) is 19.5. The first-order chi connectivity index (χ1) is 12.9. The van der Waals surface area contributed by atoms with Crippen LogP contribution in [-0.2, 0) is 0 Å². The lowest BCUT2D eigenvalue weighted by Gasteiger charge is -2.04. The van der Waals surface area contributed by atoms with Gasteiger partial charge >= 0.3 is 5.69 Å². The van der Waals surface area contributed by atoms with E-state index in [1.54, 1.807) is 0 Å². The number of hydrogen-bond acceptors (Lipinski definition) is 5. The zero-order valence-corrected chi connectivity index (χ0v) is 14.3. The van der Waals surface area contributed by atoms with Crippen LogP contribution in [0.1, 0.15) is 29.6 Å². The number of nitrogens with one attached hydrogen (secondary N) is 1. The van der Waals surface area contributed by atoms with Crippen LogP contribution in [-0.4, -0.2) is 22.3 Å². The summed E-state index contributed by atoms with van der Waals surface area (Å²) in [6.07, 6.45) is 10.4. The highest BCUT2D eigenvalue weighted by Crippen LogP contribution is 2.24. The third-order valence-corrected chi connectivity index (χ3v) is 3.77. The molecular weight excluding hydrogens is 352 g/mol. The van der Waals surface area contributed by atoms with Crippen LogP contribution in [0, 0.1) is 32.6 Å². The first-order valence-corrected chi connectivity index (χ1v) is 8.10. The lowest BCUT2D eigenvalue weighted by Crippen LogP contribution is -2.32. The van der Waals surface area contributed by atoms with Gasteiger partial charge in [-0.15, -0.1) is 12.3 Å². The number of carbonyl (C=O) groups excluding carboxylic acids is 1. The number of non-ortho nitro benzene ring substituents is 1. The van der Waals surface area contributed by atoms with Gasteiger partial charge in [0.05, 0.1) is 15.4 Å². The van der Waals surface area contributed by atoms with Crippen molar-refractivity contribution in [1.29, 1.82) is 0 Å². The van der Waals surface area contributed by atoms with Gasteiger partial charge in [0.2, 0.25) is 0 Å². The summed E-state index contributed by atoms with van der Waals surface area (Å²) >= 11 is 0. The second-order valence-corrected chi connectivity index (χ2v) is 5.60. The molecule has 1 aromatic carbocycles. The average molecular weight is 369 g/mol. The molecule has 2 aromatic rings. The Bertz CT molecular complexity index is 903. The molecule has 0 radical (unpaired) electrons. The molecule has 0 unspecified atom stereocenters. The van der Waals surface area contributed by atoms with Gasteiger partial charge < -0.3 is 5.32 Å². The van der Waals surface area contributed by atoms with E-state index in [0.717, 1.165) is 18.9 Å². The number of unbranched alkanes of at least 4 members (excludes halogenated alkanes) is 2. The maximum absolute atomic E-state index is 12.1. The zero-order chi connectivity index (χ0) is 19.8. The molecule has 1 heterocycles. The fourth-order valence-electron chi connectivity index (χ4n) is 2.38. The van der Waals surface area contributed by atoms with Gasteiger partial charge in [0.25, 0.3) is 17.3 Å². The normalized spacial score (nSPS) is 10.0. The number of nitro benzene ring substituents is 2. The third kappa shape index (κ3) is 5.09. The number of nitrogens with zero attached hydrogens (tertiary/aromatic N) is 3. The van der Waals surface area contributed by atoms with Crippen LogP contribution in [0.3, 0.4) is 0 Å². The van der Waals surface area contributed by atoms with Crippen molar-refractivity contribution in [1.82, 2.24) is 5.32 Å². The van der Waals surface area contributed by atoms with Crippen LogP contribution in [0.5, 0.6) is 0 Å². The molecule has 0 atom stereocenters. The van der Waals surface area contributed by atoms with E-state index in [1.165, 1.54) is 41.2 Å². The number of aromatic nitrogens is 1. The molecule has 27 heavy (non-hydrogen) atoms. The molecule has 138 valence electrons. The van der Waals surface area contributed by atoms with E-state index in [9.17, 15) is 25.0 Å². The van der Waals surface area contributed by atoms with Crippen molar-refractivity contribution >= 4 is 17.3 Å². The molecule has 0 saturated heterocycles. The largest absolute Gasteiger partial charge is 0.352 e. The Morgan fingerprint density at radius 3 is 2.41 bits per heavy atom. The van der Waals surface area contributed by atoms with Crippen LogP contribution in [0.4, 0.5) is 11.4 Å². The molecule has 1 amide bonds. The molecule has 1 aromatic heterocycles. The number of terminal acetylenes is 1. The Balaban J connectivity index is 2.15. The van der Waals surface area contributed by atoms with E-state index in [1.807, 2.05) is 0 Å². The van der Waals surface area contributed by atoms with Gasteiger partial charge in [-0.1, -0.05) is 0 Å². The van der Waals surface area contributed by atoms with Crippen molar-refractivity contribution in [3.05, 3.63) is 68.5 Å². The quantitative estimate of drug-likeness (QED) is 0.252. The van der Waals surface area contributed by atoms with Crippen LogP contribution < -0.4 is 9.88 Å². The highest BCUT2D eigenvalue weighted by molar-refractivity contribution is 5.93. The average Bonchev–Trinajstić information content (AvgIpc) is 2.67. The van der Waals surface area contributed by atoms with E-state index in [4.69, 9.17) is 6.42 Å². The summed E-state index contributed by atoms with van der Waals surface area (Å²) in [6.45, 7) is 0.503. The lowest BCUT2D eigenvalue weighted by molar-refractivity contribution is -0.601. The van der Waals surface area contributed by atoms with Crippen LogP contribution >= 0.6 is 0 Å². The highest BCUT2D eigenvalue weighted by atomic mass is 16.6. The number of benzene rings is 1. The number of rotatable bonds is 8. The van der Waals surface area contributed by atoms with E-state index in [2.05, 4.69) is 11.2 Å². The van der Waals surface area contributed by atoms with Gasteiger partial charge in [-0.25, -0.2) is 0 Å². The number of pyridine rings is 1. The standard InChI is InChI=1S/C18H16N4O5/c1-2-3-4-5-10-19-18(23)14-8-11-20(12-9-14)16-7-6-15(21(24)25)13-17(16)22(26)27/h1,6-9,11-13H,3-5,10H2/p+1. The zero-order valence-electron chi connectivity index (χ0n) is 14.3. The summed E-state index contributed by atoms with van der Waals surface area (Å²) in [5.74, 6) is 2.27. The molecule has 0 spiro atoms. The minimum atomic E-state index is -0.696. The van der Waals surface area contributed by atoms with Crippen LogP contribution in [0.2, 0.25) is 0 Å². The summed E-state index contributed by atoms with van der Waals surface area (Å²) in [5, 5.41) is 24.8. The molecule has 1 N–H and O–H groups in total. The summed E-state index contributed by atoms with van der Waals surface area (Å²) in [4.78, 5) is 32.7. The molecule has 0 aliphatic heterocycles. The molecule has 0 aliphatic carbocycles. The predicted molar refractivity (Wildman–Crippen MR) is 96.3 cm³/mol. The Kier molecular flexibility index (Phi) is 6.55. The van der Waals surface area contributed by atoms with Gasteiger partial charge in [-0.2, -0.15) is 4.57 Å². The fourth-order valence-corrected chi connectivity index (χ4v) is 2.38. The topological polar surface area (TPSA) is 119 Å². The van der Waals surface area contributed by atoms with E-state index in [-0.39, 0.29) is 17.3 Å². The maximum Gasteiger partial charge on any atom is 0.347 e. The predicted octanol–water partition coefficient (Wildman–Crippen LogP) is 2.31. The molecule has 0 fully saturated rings. The van der Waals surface area contributed by atoms with Gasteiger partial charge in [-0.3, -0.25) is 25.0 Å². The van der Waals surface area contributed by atoms with E-state index < -0.39 is 15.5 Å². The minimum Gasteiger partial charge on any atom is -0.352 e. The van der Waals surface area contributed by atoms with Crippen molar-refractivity contribution < 1.29 is 19.2 Å². The monoisotopic (exact) mass is 369 g/mol. The van der Waals surface area contributed by atoms with Gasteiger partial charge in [0.1, 0.15) is 6.07 Å². The lowest BCUT2D eigenvalue weighted by atomic mass is 10.2. The summed E-state index contributed by atoms with van der Waals surface area (Å²) in [7, 11) is 0. The van der Waals surface area contributed by atoms with Crippen LogP contribution in [0.25, 0.3) is 5.69 Å². The molecule has 9 nitrogen and oxygen atoms in total. The number of nitro groups is 2. The third-order valence-electron chi connectivity index (χ3n) is 3.77. The van der Waals surface area contributed by atoms with Crippen molar-refractivity contribution in [2.24, 2.45) is 0 Å². The second-order valence-electron chi connectivity index (χ2n) is 5.60. The number of amides is 1. The van der Waals surface area contributed by atoms with Gasteiger partial charge in [0, 0.05) is 37.2 Å². The molecule has 0 aliphatic rings. The second kappa shape index (κ2) is 9.05. The molecule has 9 heteroatoms. The number of carbonyl (C=O) groups is 1. The molecule has 0 saturated carbocycles. The van der Waals surface area contributed by atoms with Crippen molar-refractivity contribution in [2.45, 2.75) is 19.3 Å². The van der Waals surface area contributed by atoms with E-state index in [0.29, 0.717) is 18.5 Å². The molecule has 0 bridgehead atoms. The Morgan fingerprint density at radius 1 is 1.11 bits per heavy atom. The fraction of sp³-hybridized carbons (Fsp3) is 0.222. The Morgan fingerprint density at radius 2 is 1.81 bits per heavy atom. The van der Waals surface area contributed by atoms with E-state index >= 15 is 0 Å². The van der Waals surface area contributed by atoms with Crippen molar-refractivity contribution in [2.75, 3.05) is 6.54 Å². The SMILES string of the molecule is C#CCCCCNC(=O)c1cc[n+](-c2ccc([N+](=O)[O-])cc2[N+](=O)[O-])cc1. The Hall–Kier alpha value is -3.80. The smallest absolute Gasteiger partial charge is 0.347 e. The first-order valence-electron chi connectivity index (χ1n) is 8.10. The van der Waals surface area contributed by atoms with Gasteiger partial charge in [0.15, 0.2) is 12.4 Å². The highest BCUT2D eigenvalue weighted by Gasteiger charge is 2.26. The maximum atomic E-state index is 12.1. The summed E-state index contributed by atoms with van der Waals surface area (Å²) in [6, 6.07) is 6.41. The summed E-state index contributed by atoms with van der Waals surface area (Å²) < 4.78 is 1.42.